The van der Waals surface area contributed by atoms with Gasteiger partial charge in [-0.05, 0) is 25.1 Å². The minimum absolute atomic E-state index is 0.116. The van der Waals surface area contributed by atoms with Crippen LogP contribution >= 0.6 is 0 Å². The molecule has 0 radical (unpaired) electrons. The normalized spacial score (nSPS) is 10.6. The third-order valence-electron chi connectivity index (χ3n) is 3.08. The molecule has 0 unspecified atom stereocenters. The Bertz CT molecular complexity index is 882. The first kappa shape index (κ1) is 13.9. The van der Waals surface area contributed by atoms with Crippen LogP contribution in [0.4, 0.5) is 5.69 Å². The van der Waals surface area contributed by atoms with Crippen molar-refractivity contribution in [3.8, 4) is 5.75 Å². The molecule has 3 N–H and O–H groups in total. The second-order valence-corrected chi connectivity index (χ2v) is 4.82. The Kier molecular flexibility index (Phi) is 3.61. The van der Waals surface area contributed by atoms with E-state index in [1.165, 1.54) is 12.3 Å². The van der Waals surface area contributed by atoms with Crippen LogP contribution in [0.15, 0.2) is 41.6 Å². The van der Waals surface area contributed by atoms with Gasteiger partial charge in [-0.3, -0.25) is 9.59 Å². The van der Waals surface area contributed by atoms with Crippen molar-refractivity contribution in [2.75, 3.05) is 11.9 Å². The van der Waals surface area contributed by atoms with Crippen LogP contribution in [-0.4, -0.2) is 27.5 Å². The number of hydrogen-bond acceptors (Lipinski definition) is 4. The molecule has 112 valence electrons. The second-order valence-electron chi connectivity index (χ2n) is 4.82. The fraction of sp³-hybridized carbons (Fsp3) is 0.133. The molecule has 0 fully saturated rings. The predicted octanol–water partition coefficient (Wildman–Crippen LogP) is 1.58. The summed E-state index contributed by atoms with van der Waals surface area (Å²) in [5.74, 6) is -0.233. The molecule has 22 heavy (non-hydrogen) atoms. The number of carbonyl (C=O) groups is 1. The van der Waals surface area contributed by atoms with Gasteiger partial charge in [0.15, 0.2) is 12.4 Å². The van der Waals surface area contributed by atoms with E-state index < -0.39 is 0 Å². The van der Waals surface area contributed by atoms with E-state index in [0.717, 1.165) is 16.7 Å². The van der Waals surface area contributed by atoms with Crippen LogP contribution in [0.3, 0.4) is 0 Å². The van der Waals surface area contributed by atoms with Gasteiger partial charge in [0.25, 0.3) is 5.91 Å². The maximum atomic E-state index is 11.9. The van der Waals surface area contributed by atoms with Gasteiger partial charge in [-0.2, -0.15) is 0 Å². The van der Waals surface area contributed by atoms with Gasteiger partial charge >= 0.3 is 0 Å². The topological polar surface area (TPSA) is 99.9 Å². The molecule has 3 aromatic rings. The summed E-state index contributed by atoms with van der Waals surface area (Å²) in [4.78, 5) is 33.4. The first-order chi connectivity index (χ1) is 10.6. The molecule has 0 saturated heterocycles. The third-order valence-corrected chi connectivity index (χ3v) is 3.08. The molecule has 7 nitrogen and oxygen atoms in total. The van der Waals surface area contributed by atoms with Crippen LogP contribution in [0.1, 0.15) is 5.69 Å². The van der Waals surface area contributed by atoms with Gasteiger partial charge < -0.3 is 20.0 Å². The number of nitrogens with zero attached hydrogens (tertiary/aromatic N) is 1. The number of imidazole rings is 1. The first-order valence-electron chi connectivity index (χ1n) is 6.67. The molecule has 0 atom stereocenters. The third kappa shape index (κ3) is 2.98. The number of fused-ring (bicyclic) bond motifs is 1. The molecular formula is C15H14N4O3. The highest BCUT2D eigenvalue weighted by Gasteiger charge is 2.07. The zero-order chi connectivity index (χ0) is 15.5. The monoisotopic (exact) mass is 298 g/mol. The molecule has 0 saturated carbocycles. The first-order valence-corrected chi connectivity index (χ1v) is 6.67. The number of carbonyl (C=O) groups excluding carboxylic acids is 1. The number of benzene rings is 1. The van der Waals surface area contributed by atoms with E-state index in [9.17, 15) is 9.59 Å². The molecule has 1 amide bonds. The molecule has 7 heteroatoms. The smallest absolute Gasteiger partial charge is 0.262 e. The van der Waals surface area contributed by atoms with E-state index in [0.29, 0.717) is 5.69 Å². The van der Waals surface area contributed by atoms with E-state index in [-0.39, 0.29) is 23.7 Å². The van der Waals surface area contributed by atoms with Gasteiger partial charge in [0, 0.05) is 23.6 Å². The summed E-state index contributed by atoms with van der Waals surface area (Å²) >= 11 is 0. The number of aryl methyl sites for hydroxylation is 1. The Morgan fingerprint density at radius 1 is 1.32 bits per heavy atom. The Morgan fingerprint density at radius 2 is 2.18 bits per heavy atom. The van der Waals surface area contributed by atoms with Crippen molar-refractivity contribution in [2.24, 2.45) is 0 Å². The summed E-state index contributed by atoms with van der Waals surface area (Å²) in [6.45, 7) is 1.52. The molecule has 2 heterocycles. The SMILES string of the molecule is Cc1cc(=O)c(OCC(=O)Nc2ccc3nc[nH]c3c2)c[nH]1. The van der Waals surface area contributed by atoms with Crippen molar-refractivity contribution < 1.29 is 9.53 Å². The highest BCUT2D eigenvalue weighted by atomic mass is 16.5. The Labute approximate surface area is 125 Å². The van der Waals surface area contributed by atoms with Crippen LogP contribution in [0.2, 0.25) is 0 Å². The lowest BCUT2D eigenvalue weighted by Gasteiger charge is -2.07. The van der Waals surface area contributed by atoms with Crippen molar-refractivity contribution in [1.82, 2.24) is 15.0 Å². The number of aromatic amines is 2. The lowest BCUT2D eigenvalue weighted by atomic mass is 10.3. The van der Waals surface area contributed by atoms with E-state index in [1.807, 2.05) is 0 Å². The molecule has 0 aliphatic carbocycles. The quantitative estimate of drug-likeness (QED) is 0.680. The number of amides is 1. The summed E-state index contributed by atoms with van der Waals surface area (Å²) in [5.41, 5.74) is 2.75. The van der Waals surface area contributed by atoms with Crippen LogP contribution in [0, 0.1) is 6.92 Å². The van der Waals surface area contributed by atoms with E-state index in [1.54, 1.807) is 31.5 Å². The number of nitrogens with one attached hydrogen (secondary N) is 3. The fourth-order valence-corrected chi connectivity index (χ4v) is 2.03. The van der Waals surface area contributed by atoms with E-state index >= 15 is 0 Å². The van der Waals surface area contributed by atoms with Crippen molar-refractivity contribution in [3.63, 3.8) is 0 Å². The summed E-state index contributed by atoms with van der Waals surface area (Å²) in [6, 6.07) is 6.74. The van der Waals surface area contributed by atoms with Crippen molar-refractivity contribution in [1.29, 1.82) is 0 Å². The summed E-state index contributed by atoms with van der Waals surface area (Å²) < 4.78 is 5.22. The largest absolute Gasteiger partial charge is 0.478 e. The number of hydrogen-bond donors (Lipinski definition) is 3. The molecule has 0 bridgehead atoms. The number of aromatic nitrogens is 3. The Balaban J connectivity index is 1.63. The van der Waals surface area contributed by atoms with E-state index in [4.69, 9.17) is 4.74 Å². The van der Waals surface area contributed by atoms with Gasteiger partial charge in [-0.15, -0.1) is 0 Å². The predicted molar refractivity (Wildman–Crippen MR) is 82.0 cm³/mol. The lowest BCUT2D eigenvalue weighted by Crippen LogP contribution is -2.22. The minimum Gasteiger partial charge on any atom is -0.478 e. The van der Waals surface area contributed by atoms with Gasteiger partial charge in [0.1, 0.15) is 0 Å². The van der Waals surface area contributed by atoms with Crippen molar-refractivity contribution in [2.45, 2.75) is 6.92 Å². The Hall–Kier alpha value is -3.09. The summed E-state index contributed by atoms with van der Waals surface area (Å²) in [7, 11) is 0. The van der Waals surface area contributed by atoms with Gasteiger partial charge in [0.2, 0.25) is 5.43 Å². The van der Waals surface area contributed by atoms with Gasteiger partial charge in [-0.25, -0.2) is 4.98 Å². The van der Waals surface area contributed by atoms with Crippen LogP contribution in [0.25, 0.3) is 11.0 Å². The highest BCUT2D eigenvalue weighted by molar-refractivity contribution is 5.93. The average Bonchev–Trinajstić information content (AvgIpc) is 2.94. The number of ether oxygens (including phenoxy) is 1. The van der Waals surface area contributed by atoms with Gasteiger partial charge in [-0.1, -0.05) is 0 Å². The maximum absolute atomic E-state index is 11.9. The van der Waals surface area contributed by atoms with Crippen LogP contribution in [-0.2, 0) is 4.79 Å². The summed E-state index contributed by atoms with van der Waals surface area (Å²) in [5, 5.41) is 2.70. The van der Waals surface area contributed by atoms with Crippen LogP contribution < -0.4 is 15.5 Å². The highest BCUT2D eigenvalue weighted by Crippen LogP contribution is 2.15. The number of rotatable bonds is 4. The van der Waals surface area contributed by atoms with Crippen molar-refractivity contribution in [3.05, 3.63) is 52.7 Å². The molecule has 0 aliphatic rings. The standard InChI is InChI=1S/C15H14N4O3/c1-9-4-13(20)14(6-16-9)22-7-15(21)19-10-2-3-11-12(5-10)18-8-17-11/h2-6,8H,7H2,1H3,(H,16,20)(H,17,18)(H,19,21). The Morgan fingerprint density at radius 3 is 3.00 bits per heavy atom. The zero-order valence-corrected chi connectivity index (χ0v) is 11.8. The lowest BCUT2D eigenvalue weighted by molar-refractivity contribution is -0.118. The summed E-state index contributed by atoms with van der Waals surface area (Å²) in [6.07, 6.45) is 3.03. The van der Waals surface area contributed by atoms with Gasteiger partial charge in [0.05, 0.1) is 17.4 Å². The molecular weight excluding hydrogens is 284 g/mol. The second kappa shape index (κ2) is 5.72. The van der Waals surface area contributed by atoms with Crippen LogP contribution in [0.5, 0.6) is 5.75 Å². The maximum Gasteiger partial charge on any atom is 0.262 e. The number of pyridine rings is 1. The fourth-order valence-electron chi connectivity index (χ4n) is 2.03. The molecule has 2 aromatic heterocycles. The molecule has 3 rings (SSSR count). The number of anilines is 1. The van der Waals surface area contributed by atoms with E-state index in [2.05, 4.69) is 20.3 Å². The van der Waals surface area contributed by atoms with Crippen molar-refractivity contribution >= 4 is 22.6 Å². The molecule has 1 aromatic carbocycles. The average molecular weight is 298 g/mol. The number of H-pyrrole nitrogens is 2. The minimum atomic E-state index is -0.348. The zero-order valence-electron chi connectivity index (χ0n) is 11.8. The molecule has 0 spiro atoms. The molecule has 0 aliphatic heterocycles.